The van der Waals surface area contributed by atoms with Crippen molar-refractivity contribution in [1.29, 1.82) is 0 Å². The molecule has 0 saturated carbocycles. The Morgan fingerprint density at radius 3 is 2.48 bits per heavy atom. The fourth-order valence-electron chi connectivity index (χ4n) is 2.50. The van der Waals surface area contributed by atoms with E-state index in [4.69, 9.17) is 9.26 Å². The molecule has 6 nitrogen and oxygen atoms in total. The molecule has 0 aliphatic rings. The normalized spacial score (nSPS) is 11.6. The predicted molar refractivity (Wildman–Crippen MR) is 103 cm³/mol. The highest BCUT2D eigenvalue weighted by molar-refractivity contribution is 7.98. The molecule has 3 rings (SSSR count). The van der Waals surface area contributed by atoms with Gasteiger partial charge in [0.05, 0.1) is 5.56 Å². The van der Waals surface area contributed by atoms with Gasteiger partial charge in [0.15, 0.2) is 5.82 Å². The van der Waals surface area contributed by atoms with E-state index in [1.165, 1.54) is 11.8 Å². The SMILES string of the molecule is CSc1ccccc1C(=O)OC(C(=O)Nc1cc(C)on1)c1ccccc1. The molecule has 0 spiro atoms. The highest BCUT2D eigenvalue weighted by atomic mass is 32.2. The van der Waals surface area contributed by atoms with Crippen LogP contribution in [0.15, 0.2) is 70.1 Å². The molecular formula is C20H18N2O4S. The highest BCUT2D eigenvalue weighted by Gasteiger charge is 2.27. The van der Waals surface area contributed by atoms with Crippen LogP contribution in [0.1, 0.15) is 27.8 Å². The maximum absolute atomic E-state index is 12.8. The Kier molecular flexibility index (Phi) is 5.93. The number of aromatic nitrogens is 1. The van der Waals surface area contributed by atoms with E-state index < -0.39 is 18.0 Å². The van der Waals surface area contributed by atoms with Crippen LogP contribution in [0.3, 0.4) is 0 Å². The molecule has 1 unspecified atom stereocenters. The van der Waals surface area contributed by atoms with Crippen molar-refractivity contribution in [2.75, 3.05) is 11.6 Å². The molecule has 0 radical (unpaired) electrons. The Balaban J connectivity index is 1.86. The van der Waals surface area contributed by atoms with Crippen LogP contribution in [-0.4, -0.2) is 23.3 Å². The molecule has 2 aromatic carbocycles. The van der Waals surface area contributed by atoms with Crippen LogP contribution in [0.2, 0.25) is 0 Å². The Morgan fingerprint density at radius 2 is 1.81 bits per heavy atom. The number of hydrogen-bond donors (Lipinski definition) is 1. The lowest BCUT2D eigenvalue weighted by atomic mass is 10.1. The molecule has 0 aliphatic carbocycles. The largest absolute Gasteiger partial charge is 0.444 e. The molecule has 7 heteroatoms. The number of benzene rings is 2. The number of carbonyl (C=O) groups is 2. The van der Waals surface area contributed by atoms with Gasteiger partial charge in [0, 0.05) is 16.5 Å². The molecule has 0 bridgehead atoms. The minimum Gasteiger partial charge on any atom is -0.444 e. The number of amides is 1. The summed E-state index contributed by atoms with van der Waals surface area (Å²) < 4.78 is 10.5. The van der Waals surface area contributed by atoms with Gasteiger partial charge in [-0.15, -0.1) is 11.8 Å². The van der Waals surface area contributed by atoms with Gasteiger partial charge >= 0.3 is 5.97 Å². The summed E-state index contributed by atoms with van der Waals surface area (Å²) in [5, 5.41) is 6.37. The average Bonchev–Trinajstić information content (AvgIpc) is 3.11. The second-order valence-corrected chi connectivity index (χ2v) is 6.56. The smallest absolute Gasteiger partial charge is 0.340 e. The quantitative estimate of drug-likeness (QED) is 0.507. The van der Waals surface area contributed by atoms with E-state index in [0.717, 1.165) is 4.90 Å². The Morgan fingerprint density at radius 1 is 1.11 bits per heavy atom. The number of aryl methyl sites for hydroxylation is 1. The van der Waals surface area contributed by atoms with Gasteiger partial charge in [0.25, 0.3) is 5.91 Å². The predicted octanol–water partition coefficient (Wildman–Crippen LogP) is 4.24. The lowest BCUT2D eigenvalue weighted by Crippen LogP contribution is -2.26. The van der Waals surface area contributed by atoms with Gasteiger partial charge in [0.2, 0.25) is 6.10 Å². The van der Waals surface area contributed by atoms with Crippen molar-refractivity contribution in [2.45, 2.75) is 17.9 Å². The van der Waals surface area contributed by atoms with Crippen molar-refractivity contribution in [1.82, 2.24) is 5.16 Å². The highest BCUT2D eigenvalue weighted by Crippen LogP contribution is 2.25. The van der Waals surface area contributed by atoms with Crippen LogP contribution in [-0.2, 0) is 9.53 Å². The van der Waals surface area contributed by atoms with Crippen molar-refractivity contribution >= 4 is 29.5 Å². The summed E-state index contributed by atoms with van der Waals surface area (Å²) >= 11 is 1.44. The molecular weight excluding hydrogens is 364 g/mol. The lowest BCUT2D eigenvalue weighted by Gasteiger charge is -2.18. The third-order valence-electron chi connectivity index (χ3n) is 3.77. The fourth-order valence-corrected chi connectivity index (χ4v) is 3.09. The summed E-state index contributed by atoms with van der Waals surface area (Å²) in [7, 11) is 0. The molecule has 3 aromatic rings. The zero-order valence-electron chi connectivity index (χ0n) is 14.8. The van der Waals surface area contributed by atoms with Crippen molar-refractivity contribution in [3.8, 4) is 0 Å². The molecule has 0 aliphatic heterocycles. The van der Waals surface area contributed by atoms with E-state index in [2.05, 4.69) is 10.5 Å². The maximum atomic E-state index is 12.8. The van der Waals surface area contributed by atoms with Crippen LogP contribution < -0.4 is 5.32 Å². The fraction of sp³-hybridized carbons (Fsp3) is 0.150. The van der Waals surface area contributed by atoms with Crippen LogP contribution in [0.25, 0.3) is 0 Å². The van der Waals surface area contributed by atoms with E-state index >= 15 is 0 Å². The van der Waals surface area contributed by atoms with Crippen LogP contribution in [0.4, 0.5) is 5.82 Å². The number of carbonyl (C=O) groups excluding carboxylic acids is 2. The summed E-state index contributed by atoms with van der Waals surface area (Å²) in [4.78, 5) is 26.3. The minimum atomic E-state index is -1.12. The van der Waals surface area contributed by atoms with Gasteiger partial charge in [-0.2, -0.15) is 0 Å². The molecule has 1 aromatic heterocycles. The number of rotatable bonds is 6. The molecule has 0 saturated heterocycles. The zero-order valence-corrected chi connectivity index (χ0v) is 15.7. The molecule has 1 amide bonds. The zero-order chi connectivity index (χ0) is 19.2. The van der Waals surface area contributed by atoms with E-state index in [9.17, 15) is 9.59 Å². The first-order valence-electron chi connectivity index (χ1n) is 8.21. The molecule has 27 heavy (non-hydrogen) atoms. The minimum absolute atomic E-state index is 0.263. The van der Waals surface area contributed by atoms with E-state index in [1.807, 2.05) is 24.5 Å². The first kappa shape index (κ1) is 18.7. The van der Waals surface area contributed by atoms with Gasteiger partial charge in [0.1, 0.15) is 5.76 Å². The Labute approximate surface area is 160 Å². The number of hydrogen-bond acceptors (Lipinski definition) is 6. The molecule has 1 heterocycles. The second-order valence-electron chi connectivity index (χ2n) is 5.71. The molecule has 0 fully saturated rings. The monoisotopic (exact) mass is 382 g/mol. The maximum Gasteiger partial charge on any atom is 0.340 e. The first-order valence-corrected chi connectivity index (χ1v) is 9.44. The number of anilines is 1. The van der Waals surface area contributed by atoms with Crippen molar-refractivity contribution < 1.29 is 18.8 Å². The number of nitrogens with one attached hydrogen (secondary N) is 1. The average molecular weight is 382 g/mol. The second kappa shape index (κ2) is 8.55. The van der Waals surface area contributed by atoms with Gasteiger partial charge in [-0.25, -0.2) is 4.79 Å². The first-order chi connectivity index (χ1) is 13.1. The summed E-state index contributed by atoms with van der Waals surface area (Å²) in [6, 6.07) is 17.5. The van der Waals surface area contributed by atoms with E-state index in [-0.39, 0.29) is 5.82 Å². The van der Waals surface area contributed by atoms with E-state index in [1.54, 1.807) is 49.4 Å². The van der Waals surface area contributed by atoms with Crippen LogP contribution in [0, 0.1) is 6.92 Å². The summed E-state index contributed by atoms with van der Waals surface area (Å²) in [6.45, 7) is 1.72. The summed E-state index contributed by atoms with van der Waals surface area (Å²) in [5.41, 5.74) is 0.973. The molecule has 1 N–H and O–H groups in total. The Bertz CT molecular complexity index is 940. The summed E-state index contributed by atoms with van der Waals surface area (Å²) in [6.07, 6.45) is 0.756. The van der Waals surface area contributed by atoms with Crippen LogP contribution >= 0.6 is 11.8 Å². The van der Waals surface area contributed by atoms with E-state index in [0.29, 0.717) is 16.9 Å². The number of ether oxygens (including phenoxy) is 1. The topological polar surface area (TPSA) is 81.4 Å². The van der Waals surface area contributed by atoms with Gasteiger partial charge in [-0.05, 0) is 25.3 Å². The third kappa shape index (κ3) is 4.57. The number of thioether (sulfide) groups is 1. The standard InChI is InChI=1S/C20H18N2O4S/c1-13-12-17(22-26-13)21-19(23)18(14-8-4-3-5-9-14)25-20(24)15-10-6-7-11-16(15)27-2/h3-12,18H,1-2H3,(H,21,22,23). The molecule has 138 valence electrons. The van der Waals surface area contributed by atoms with Gasteiger partial charge < -0.3 is 14.6 Å². The van der Waals surface area contributed by atoms with Gasteiger partial charge in [-0.1, -0.05) is 47.6 Å². The van der Waals surface area contributed by atoms with Crippen molar-refractivity contribution in [3.63, 3.8) is 0 Å². The van der Waals surface area contributed by atoms with Gasteiger partial charge in [-0.3, -0.25) is 4.79 Å². The van der Waals surface area contributed by atoms with Crippen LogP contribution in [0.5, 0.6) is 0 Å². The lowest BCUT2D eigenvalue weighted by molar-refractivity contribution is -0.125. The number of esters is 1. The van der Waals surface area contributed by atoms with Crippen molar-refractivity contribution in [3.05, 3.63) is 77.6 Å². The van der Waals surface area contributed by atoms with Crippen molar-refractivity contribution in [2.24, 2.45) is 0 Å². The third-order valence-corrected chi connectivity index (χ3v) is 4.57. The molecule has 1 atom stereocenters. The summed E-state index contributed by atoms with van der Waals surface area (Å²) in [5.74, 6) is -0.254. The Hall–Kier alpha value is -3.06. The number of nitrogens with zero attached hydrogens (tertiary/aromatic N) is 1.